The second-order valence-corrected chi connectivity index (χ2v) is 8.26. The van der Waals surface area contributed by atoms with Gasteiger partial charge in [0.25, 0.3) is 0 Å². The smallest absolute Gasteiger partial charge is 0.507 e. The lowest BCUT2D eigenvalue weighted by molar-refractivity contribution is 0.152. The first-order valence-electron chi connectivity index (χ1n) is 10.3. The van der Waals surface area contributed by atoms with E-state index in [-0.39, 0.29) is 0 Å². The van der Waals surface area contributed by atoms with Gasteiger partial charge in [0, 0.05) is 21.9 Å². The van der Waals surface area contributed by atoms with Gasteiger partial charge in [0.1, 0.15) is 17.2 Å². The summed E-state index contributed by atoms with van der Waals surface area (Å²) < 4.78 is 11.2. The standard InChI is InChI=1S/C25H24O4/c1-3-15-9-10-18-20(12-15)24(29-25(27)28-17-7-5-4-6-8-17)21-16-11-14(2)19(13-16)22(21)23(18)26/h4-10,12,14,16,19,26H,3,11,13H2,1-2H3. The van der Waals surface area contributed by atoms with Crippen molar-refractivity contribution in [1.82, 2.24) is 0 Å². The number of fused-ring (bicyclic) bond motifs is 6. The summed E-state index contributed by atoms with van der Waals surface area (Å²) in [6.45, 7) is 4.32. The van der Waals surface area contributed by atoms with Crippen LogP contribution in [0.5, 0.6) is 17.2 Å². The van der Waals surface area contributed by atoms with Gasteiger partial charge in [-0.25, -0.2) is 4.79 Å². The molecule has 0 saturated heterocycles. The zero-order valence-corrected chi connectivity index (χ0v) is 16.6. The van der Waals surface area contributed by atoms with Crippen molar-refractivity contribution in [2.24, 2.45) is 5.92 Å². The van der Waals surface area contributed by atoms with Gasteiger partial charge in [0.2, 0.25) is 0 Å². The molecule has 0 radical (unpaired) electrons. The Labute approximate surface area is 170 Å². The Bertz CT molecular complexity index is 1100. The molecule has 148 valence electrons. The highest BCUT2D eigenvalue weighted by atomic mass is 16.7. The first-order chi connectivity index (χ1) is 14.1. The SMILES string of the molecule is CCc1ccc2c(O)c3c(c(OC(=O)Oc4ccccc4)c2c1)C1CC(C)C3C1. The van der Waals surface area contributed by atoms with Gasteiger partial charge in [-0.15, -0.1) is 0 Å². The number of benzene rings is 3. The predicted molar refractivity (Wildman–Crippen MR) is 112 cm³/mol. The number of carbonyl (C=O) groups excluding carboxylic acids is 1. The molecule has 29 heavy (non-hydrogen) atoms. The minimum Gasteiger partial charge on any atom is -0.507 e. The van der Waals surface area contributed by atoms with E-state index in [1.807, 2.05) is 36.4 Å². The van der Waals surface area contributed by atoms with E-state index in [1.165, 1.54) is 0 Å². The largest absolute Gasteiger partial charge is 0.519 e. The molecule has 3 aromatic carbocycles. The lowest BCUT2D eigenvalue weighted by Crippen LogP contribution is -2.17. The molecule has 2 aliphatic carbocycles. The van der Waals surface area contributed by atoms with Crippen LogP contribution in [0.1, 0.15) is 55.2 Å². The molecule has 1 saturated carbocycles. The Kier molecular flexibility index (Phi) is 4.23. The molecule has 0 heterocycles. The summed E-state index contributed by atoms with van der Waals surface area (Å²) in [4.78, 5) is 12.6. The minimum atomic E-state index is -0.747. The van der Waals surface area contributed by atoms with Crippen LogP contribution in [0.25, 0.3) is 10.8 Å². The second-order valence-electron chi connectivity index (χ2n) is 8.26. The predicted octanol–water partition coefficient (Wildman–Crippen LogP) is 6.30. The number of phenolic OH excluding ortho intramolecular Hbond substituents is 1. The number of phenols is 1. The van der Waals surface area contributed by atoms with E-state index in [4.69, 9.17) is 9.47 Å². The number of carbonyl (C=O) groups is 1. The molecule has 2 bridgehead atoms. The summed E-state index contributed by atoms with van der Waals surface area (Å²) in [5.74, 6) is 2.50. The fourth-order valence-electron chi connectivity index (χ4n) is 5.21. The monoisotopic (exact) mass is 388 g/mol. The van der Waals surface area contributed by atoms with Crippen molar-refractivity contribution < 1.29 is 19.4 Å². The summed E-state index contributed by atoms with van der Waals surface area (Å²) in [7, 11) is 0. The summed E-state index contributed by atoms with van der Waals surface area (Å²) in [6, 6.07) is 14.9. The fraction of sp³-hybridized carbons (Fsp3) is 0.320. The van der Waals surface area contributed by atoms with Crippen LogP contribution < -0.4 is 9.47 Å². The van der Waals surface area contributed by atoms with Gasteiger partial charge in [-0.05, 0) is 60.8 Å². The molecule has 0 spiro atoms. The summed E-state index contributed by atoms with van der Waals surface area (Å²) in [5, 5.41) is 12.6. The van der Waals surface area contributed by atoms with Gasteiger partial charge in [-0.2, -0.15) is 0 Å². The van der Waals surface area contributed by atoms with E-state index in [0.29, 0.717) is 35.0 Å². The van der Waals surface area contributed by atoms with E-state index < -0.39 is 6.16 Å². The molecule has 4 nitrogen and oxygen atoms in total. The third-order valence-electron chi connectivity index (χ3n) is 6.57. The van der Waals surface area contributed by atoms with Crippen LogP contribution >= 0.6 is 0 Å². The van der Waals surface area contributed by atoms with Crippen LogP contribution in [0.3, 0.4) is 0 Å². The van der Waals surface area contributed by atoms with Crippen LogP contribution in [-0.4, -0.2) is 11.3 Å². The second kappa shape index (κ2) is 6.80. The molecule has 1 N–H and O–H groups in total. The van der Waals surface area contributed by atoms with Gasteiger partial charge >= 0.3 is 6.16 Å². The minimum absolute atomic E-state index is 0.310. The number of hydrogen-bond acceptors (Lipinski definition) is 4. The van der Waals surface area contributed by atoms with E-state index in [9.17, 15) is 9.90 Å². The summed E-state index contributed by atoms with van der Waals surface area (Å²) in [5.41, 5.74) is 3.10. The molecule has 3 atom stereocenters. The highest BCUT2D eigenvalue weighted by Gasteiger charge is 2.46. The van der Waals surface area contributed by atoms with Crippen molar-refractivity contribution in [2.75, 3.05) is 0 Å². The lowest BCUT2D eigenvalue weighted by Gasteiger charge is -2.25. The molecule has 3 unspecified atom stereocenters. The van der Waals surface area contributed by atoms with Crippen molar-refractivity contribution in [3.8, 4) is 17.2 Å². The first-order valence-corrected chi connectivity index (χ1v) is 10.3. The third-order valence-corrected chi connectivity index (χ3v) is 6.57. The number of hydrogen-bond donors (Lipinski definition) is 1. The Balaban J connectivity index is 1.64. The Morgan fingerprint density at radius 1 is 1.03 bits per heavy atom. The van der Waals surface area contributed by atoms with E-state index in [0.717, 1.165) is 46.7 Å². The fourth-order valence-corrected chi connectivity index (χ4v) is 5.21. The van der Waals surface area contributed by atoms with Gasteiger partial charge < -0.3 is 14.6 Å². The van der Waals surface area contributed by atoms with Crippen LogP contribution in [0, 0.1) is 5.92 Å². The van der Waals surface area contributed by atoms with Crippen molar-refractivity contribution in [3.05, 3.63) is 65.2 Å². The molecule has 0 aromatic heterocycles. The number of aromatic hydroxyl groups is 1. The number of rotatable bonds is 3. The summed E-state index contributed by atoms with van der Waals surface area (Å²) >= 11 is 0. The normalized spacial score (nSPS) is 21.9. The Morgan fingerprint density at radius 2 is 1.83 bits per heavy atom. The van der Waals surface area contributed by atoms with Crippen molar-refractivity contribution in [1.29, 1.82) is 0 Å². The maximum atomic E-state index is 12.6. The maximum absolute atomic E-state index is 12.6. The van der Waals surface area contributed by atoms with E-state index >= 15 is 0 Å². The Hall–Kier alpha value is -3.01. The first kappa shape index (κ1) is 18.0. The highest BCUT2D eigenvalue weighted by molar-refractivity contribution is 5.98. The van der Waals surface area contributed by atoms with E-state index in [2.05, 4.69) is 13.8 Å². The molecular formula is C25H24O4. The topological polar surface area (TPSA) is 55.8 Å². The zero-order chi connectivity index (χ0) is 20.1. The molecule has 5 rings (SSSR count). The van der Waals surface area contributed by atoms with Crippen LogP contribution in [-0.2, 0) is 6.42 Å². The van der Waals surface area contributed by atoms with Gasteiger partial charge in [-0.1, -0.05) is 44.2 Å². The Morgan fingerprint density at radius 3 is 2.59 bits per heavy atom. The molecule has 1 fully saturated rings. The van der Waals surface area contributed by atoms with Gasteiger partial charge in [0.05, 0.1) is 0 Å². The maximum Gasteiger partial charge on any atom is 0.519 e. The number of ether oxygens (including phenoxy) is 2. The molecular weight excluding hydrogens is 364 g/mol. The van der Waals surface area contributed by atoms with E-state index in [1.54, 1.807) is 12.1 Å². The van der Waals surface area contributed by atoms with Crippen LogP contribution in [0.15, 0.2) is 48.5 Å². The highest BCUT2D eigenvalue weighted by Crippen LogP contribution is 2.62. The third kappa shape index (κ3) is 2.86. The molecule has 4 heteroatoms. The average Bonchev–Trinajstić information content (AvgIpc) is 3.29. The quantitative estimate of drug-likeness (QED) is 0.423. The average molecular weight is 388 g/mol. The van der Waals surface area contributed by atoms with Gasteiger partial charge in [0.15, 0.2) is 0 Å². The summed E-state index contributed by atoms with van der Waals surface area (Å²) in [6.07, 6.45) is 2.18. The van der Waals surface area contributed by atoms with Gasteiger partial charge in [-0.3, -0.25) is 0 Å². The van der Waals surface area contributed by atoms with Crippen LogP contribution in [0.2, 0.25) is 0 Å². The van der Waals surface area contributed by atoms with Crippen LogP contribution in [0.4, 0.5) is 4.79 Å². The molecule has 0 amide bonds. The lowest BCUT2D eigenvalue weighted by atomic mass is 9.81. The van der Waals surface area contributed by atoms with Crippen molar-refractivity contribution >= 4 is 16.9 Å². The molecule has 2 aliphatic rings. The molecule has 0 aliphatic heterocycles. The number of aryl methyl sites for hydroxylation is 1. The zero-order valence-electron chi connectivity index (χ0n) is 16.6. The van der Waals surface area contributed by atoms with Crippen molar-refractivity contribution in [3.63, 3.8) is 0 Å². The van der Waals surface area contributed by atoms with Crippen molar-refractivity contribution in [2.45, 2.75) is 44.9 Å². The molecule has 3 aromatic rings. The number of para-hydroxylation sites is 1.